The molecule has 4 rings (SSSR count). The van der Waals surface area contributed by atoms with E-state index in [4.69, 9.17) is 4.74 Å². The molecule has 1 aliphatic rings. The second-order valence-electron chi connectivity index (χ2n) is 7.42. The quantitative estimate of drug-likeness (QED) is 0.282. The Labute approximate surface area is 195 Å². The SMILES string of the molecule is CCOc1ccc(/C(O)=C2\C(=O)C(=O)N(Cc3ccccc3)C2c2ccc(Br)cc2)cc1. The number of Topliss-reactive ketones (excluding diaryl/α,β-unsaturated/α-hetero) is 1. The Hall–Kier alpha value is -3.38. The van der Waals surface area contributed by atoms with Crippen molar-refractivity contribution in [1.82, 2.24) is 4.90 Å². The third kappa shape index (κ3) is 4.32. The van der Waals surface area contributed by atoms with Gasteiger partial charge in [0.2, 0.25) is 0 Å². The van der Waals surface area contributed by atoms with Crippen LogP contribution in [-0.2, 0) is 16.1 Å². The molecule has 162 valence electrons. The lowest BCUT2D eigenvalue weighted by molar-refractivity contribution is -0.140. The van der Waals surface area contributed by atoms with E-state index in [2.05, 4.69) is 15.9 Å². The van der Waals surface area contributed by atoms with Crippen LogP contribution in [-0.4, -0.2) is 28.3 Å². The van der Waals surface area contributed by atoms with E-state index in [-0.39, 0.29) is 17.9 Å². The molecule has 5 nitrogen and oxygen atoms in total. The molecule has 1 fully saturated rings. The molecule has 1 N–H and O–H groups in total. The van der Waals surface area contributed by atoms with Crippen LogP contribution in [0.3, 0.4) is 0 Å². The Balaban J connectivity index is 1.81. The predicted molar refractivity (Wildman–Crippen MR) is 126 cm³/mol. The summed E-state index contributed by atoms with van der Waals surface area (Å²) < 4.78 is 6.34. The monoisotopic (exact) mass is 491 g/mol. The summed E-state index contributed by atoms with van der Waals surface area (Å²) in [5, 5.41) is 11.1. The molecule has 6 heteroatoms. The standard InChI is InChI=1S/C26H22BrNO4/c1-2-32-21-14-10-19(11-15-21)24(29)22-23(18-8-12-20(27)13-9-18)28(26(31)25(22)30)16-17-6-4-3-5-7-17/h3-15,23,29H,2,16H2,1H3/b24-22+. The van der Waals surface area contributed by atoms with Crippen molar-refractivity contribution in [3.8, 4) is 5.75 Å². The van der Waals surface area contributed by atoms with Crippen LogP contribution < -0.4 is 4.74 Å². The third-order valence-corrected chi connectivity index (χ3v) is 5.89. The highest BCUT2D eigenvalue weighted by Crippen LogP contribution is 2.40. The molecular formula is C26H22BrNO4. The maximum Gasteiger partial charge on any atom is 0.295 e. The lowest BCUT2D eigenvalue weighted by Gasteiger charge is -2.25. The van der Waals surface area contributed by atoms with E-state index >= 15 is 0 Å². The number of hydrogen-bond acceptors (Lipinski definition) is 4. The number of carbonyl (C=O) groups is 2. The first-order valence-electron chi connectivity index (χ1n) is 10.3. The van der Waals surface area contributed by atoms with Gasteiger partial charge in [0.1, 0.15) is 11.5 Å². The van der Waals surface area contributed by atoms with Crippen molar-refractivity contribution >= 4 is 33.4 Å². The van der Waals surface area contributed by atoms with Gasteiger partial charge in [0.15, 0.2) is 0 Å². The summed E-state index contributed by atoms with van der Waals surface area (Å²) in [6, 6.07) is 23.0. The van der Waals surface area contributed by atoms with Crippen LogP contribution in [0.25, 0.3) is 5.76 Å². The predicted octanol–water partition coefficient (Wildman–Crippen LogP) is 5.47. The molecule has 1 unspecified atom stereocenters. The zero-order valence-electron chi connectivity index (χ0n) is 17.5. The smallest absolute Gasteiger partial charge is 0.295 e. The Morgan fingerprint density at radius 3 is 2.25 bits per heavy atom. The van der Waals surface area contributed by atoms with Crippen LogP contribution in [0, 0.1) is 0 Å². The molecule has 0 saturated carbocycles. The highest BCUT2D eigenvalue weighted by Gasteiger charge is 2.46. The van der Waals surface area contributed by atoms with E-state index < -0.39 is 17.7 Å². The summed E-state index contributed by atoms with van der Waals surface area (Å²) in [5.74, 6) is -0.859. The number of rotatable bonds is 6. The van der Waals surface area contributed by atoms with Gasteiger partial charge >= 0.3 is 0 Å². The van der Waals surface area contributed by atoms with Gasteiger partial charge < -0.3 is 14.7 Å². The molecule has 0 bridgehead atoms. The van der Waals surface area contributed by atoms with Crippen molar-refractivity contribution in [2.45, 2.75) is 19.5 Å². The zero-order valence-corrected chi connectivity index (χ0v) is 19.1. The summed E-state index contributed by atoms with van der Waals surface area (Å²) >= 11 is 3.43. The van der Waals surface area contributed by atoms with Crippen molar-refractivity contribution in [3.63, 3.8) is 0 Å². The van der Waals surface area contributed by atoms with Gasteiger partial charge in [-0.25, -0.2) is 0 Å². The summed E-state index contributed by atoms with van der Waals surface area (Å²) in [7, 11) is 0. The van der Waals surface area contributed by atoms with Crippen LogP contribution in [0.15, 0.2) is 88.9 Å². The summed E-state index contributed by atoms with van der Waals surface area (Å²) in [6.45, 7) is 2.67. The summed E-state index contributed by atoms with van der Waals surface area (Å²) in [4.78, 5) is 27.7. The largest absolute Gasteiger partial charge is 0.507 e. The Kier molecular flexibility index (Phi) is 6.42. The first-order chi connectivity index (χ1) is 15.5. The van der Waals surface area contributed by atoms with Gasteiger partial charge in [0.25, 0.3) is 11.7 Å². The fourth-order valence-corrected chi connectivity index (χ4v) is 4.11. The van der Waals surface area contributed by atoms with Gasteiger partial charge in [-0.05, 0) is 54.4 Å². The molecule has 3 aromatic carbocycles. The molecule has 1 amide bonds. The number of amides is 1. The lowest BCUT2D eigenvalue weighted by atomic mass is 9.95. The van der Waals surface area contributed by atoms with Gasteiger partial charge in [-0.2, -0.15) is 0 Å². The second kappa shape index (κ2) is 9.40. The zero-order chi connectivity index (χ0) is 22.7. The number of aliphatic hydroxyl groups excluding tert-OH is 1. The molecule has 3 aromatic rings. The van der Waals surface area contributed by atoms with Gasteiger partial charge in [-0.1, -0.05) is 58.4 Å². The topological polar surface area (TPSA) is 66.8 Å². The second-order valence-corrected chi connectivity index (χ2v) is 8.34. The molecule has 0 radical (unpaired) electrons. The fourth-order valence-electron chi connectivity index (χ4n) is 3.85. The van der Waals surface area contributed by atoms with Crippen molar-refractivity contribution < 1.29 is 19.4 Å². The van der Waals surface area contributed by atoms with Crippen LogP contribution in [0.5, 0.6) is 5.75 Å². The Bertz CT molecular complexity index is 1150. The molecule has 32 heavy (non-hydrogen) atoms. The third-order valence-electron chi connectivity index (χ3n) is 5.36. The lowest BCUT2D eigenvalue weighted by Crippen LogP contribution is -2.29. The van der Waals surface area contributed by atoms with Crippen LogP contribution in [0.1, 0.15) is 29.7 Å². The number of benzene rings is 3. The minimum absolute atomic E-state index is 0.0809. The van der Waals surface area contributed by atoms with E-state index in [1.165, 1.54) is 4.90 Å². The van der Waals surface area contributed by atoms with E-state index in [0.717, 1.165) is 15.6 Å². The number of halogens is 1. The highest BCUT2D eigenvalue weighted by atomic mass is 79.9. The summed E-state index contributed by atoms with van der Waals surface area (Å²) in [6.07, 6.45) is 0. The molecule has 0 spiro atoms. The Morgan fingerprint density at radius 1 is 0.969 bits per heavy atom. The average molecular weight is 492 g/mol. The highest BCUT2D eigenvalue weighted by molar-refractivity contribution is 9.10. The van der Waals surface area contributed by atoms with E-state index in [0.29, 0.717) is 17.9 Å². The van der Waals surface area contributed by atoms with Crippen molar-refractivity contribution in [1.29, 1.82) is 0 Å². The number of ether oxygens (including phenoxy) is 1. The van der Waals surface area contributed by atoms with Crippen LogP contribution >= 0.6 is 15.9 Å². The number of aliphatic hydroxyl groups is 1. The Morgan fingerprint density at radius 2 is 1.62 bits per heavy atom. The normalized spacial score (nSPS) is 17.6. The van der Waals surface area contributed by atoms with Crippen LogP contribution in [0.4, 0.5) is 0 Å². The number of likely N-dealkylation sites (tertiary alicyclic amines) is 1. The maximum atomic E-state index is 13.1. The molecule has 0 aliphatic carbocycles. The van der Waals surface area contributed by atoms with Gasteiger partial charge in [-0.3, -0.25) is 9.59 Å². The maximum absolute atomic E-state index is 13.1. The number of ketones is 1. The van der Waals surface area contributed by atoms with E-state index in [1.807, 2.05) is 61.5 Å². The van der Waals surface area contributed by atoms with Crippen molar-refractivity contribution in [2.24, 2.45) is 0 Å². The molecule has 0 aromatic heterocycles. The van der Waals surface area contributed by atoms with Crippen molar-refractivity contribution in [3.05, 3.63) is 106 Å². The van der Waals surface area contributed by atoms with Gasteiger partial charge in [0.05, 0.1) is 18.2 Å². The van der Waals surface area contributed by atoms with Crippen molar-refractivity contribution in [2.75, 3.05) is 6.61 Å². The van der Waals surface area contributed by atoms with Gasteiger partial charge in [-0.15, -0.1) is 0 Å². The molecule has 1 atom stereocenters. The fraction of sp³-hybridized carbons (Fsp3) is 0.154. The number of carbonyl (C=O) groups excluding carboxylic acids is 2. The van der Waals surface area contributed by atoms with E-state index in [9.17, 15) is 14.7 Å². The number of hydrogen-bond donors (Lipinski definition) is 1. The first kappa shape index (κ1) is 21.8. The molecular weight excluding hydrogens is 470 g/mol. The van der Waals surface area contributed by atoms with E-state index in [1.54, 1.807) is 24.3 Å². The first-order valence-corrected chi connectivity index (χ1v) is 11.1. The molecule has 1 saturated heterocycles. The number of nitrogens with zero attached hydrogens (tertiary/aromatic N) is 1. The van der Waals surface area contributed by atoms with Crippen LogP contribution in [0.2, 0.25) is 0 Å². The molecule has 1 aliphatic heterocycles. The molecule has 1 heterocycles. The minimum atomic E-state index is -0.699. The average Bonchev–Trinajstić information content (AvgIpc) is 3.05. The van der Waals surface area contributed by atoms with Gasteiger partial charge in [0, 0.05) is 16.6 Å². The minimum Gasteiger partial charge on any atom is -0.507 e. The summed E-state index contributed by atoms with van der Waals surface area (Å²) in [5.41, 5.74) is 2.18.